The highest BCUT2D eigenvalue weighted by Crippen LogP contribution is 2.40. The fourth-order valence-electron chi connectivity index (χ4n) is 5.09. The lowest BCUT2D eigenvalue weighted by Crippen LogP contribution is -2.48. The Morgan fingerprint density at radius 2 is 1.90 bits per heavy atom. The zero-order valence-corrected chi connectivity index (χ0v) is 18.2. The van der Waals surface area contributed by atoms with Gasteiger partial charge < -0.3 is 24.4 Å². The maximum absolute atomic E-state index is 5.71. The van der Waals surface area contributed by atoms with Crippen LogP contribution in [0.4, 0.5) is 0 Å². The average molecular weight is 422 g/mol. The number of likely N-dealkylation sites (tertiary alicyclic amines) is 1. The smallest absolute Gasteiger partial charge is 0.231 e. The van der Waals surface area contributed by atoms with E-state index in [1.807, 2.05) is 13.1 Å². The SMILES string of the molecule is CN=C(NCC1(c2ccc3c(c2)OCO3)CCOCC1)N1CCC(c2ccccc2)C1. The Bertz CT molecular complexity index is 925. The van der Waals surface area contributed by atoms with Crippen molar-refractivity contribution < 1.29 is 14.2 Å². The normalized spacial score (nSPS) is 22.5. The second-order valence-corrected chi connectivity index (χ2v) is 8.70. The van der Waals surface area contributed by atoms with E-state index in [4.69, 9.17) is 14.2 Å². The number of fused-ring (bicyclic) bond motifs is 1. The molecule has 3 aliphatic rings. The fraction of sp³-hybridized carbons (Fsp3) is 0.480. The minimum absolute atomic E-state index is 0.00622. The van der Waals surface area contributed by atoms with E-state index in [0.717, 1.165) is 69.6 Å². The highest BCUT2D eigenvalue weighted by atomic mass is 16.7. The molecule has 0 saturated carbocycles. The number of hydrogen-bond acceptors (Lipinski definition) is 4. The summed E-state index contributed by atoms with van der Waals surface area (Å²) >= 11 is 0. The summed E-state index contributed by atoms with van der Waals surface area (Å²) < 4.78 is 16.9. The molecule has 2 saturated heterocycles. The third-order valence-electron chi connectivity index (χ3n) is 6.99. The maximum atomic E-state index is 5.71. The van der Waals surface area contributed by atoms with Crippen LogP contribution < -0.4 is 14.8 Å². The van der Waals surface area contributed by atoms with Crippen molar-refractivity contribution in [2.75, 3.05) is 46.7 Å². The van der Waals surface area contributed by atoms with Crippen LogP contribution >= 0.6 is 0 Å². The Morgan fingerprint density at radius 3 is 2.71 bits per heavy atom. The summed E-state index contributed by atoms with van der Waals surface area (Å²) in [6, 6.07) is 17.2. The van der Waals surface area contributed by atoms with Gasteiger partial charge in [0.25, 0.3) is 0 Å². The molecule has 0 radical (unpaired) electrons. The van der Waals surface area contributed by atoms with E-state index in [0.29, 0.717) is 12.7 Å². The summed E-state index contributed by atoms with van der Waals surface area (Å²) in [6.07, 6.45) is 3.11. The third-order valence-corrected chi connectivity index (χ3v) is 6.99. The molecule has 0 amide bonds. The summed E-state index contributed by atoms with van der Waals surface area (Å²) in [6.45, 7) is 4.71. The summed E-state index contributed by atoms with van der Waals surface area (Å²) in [5, 5.41) is 3.71. The molecule has 6 nitrogen and oxygen atoms in total. The first kappa shape index (κ1) is 20.2. The van der Waals surface area contributed by atoms with Crippen LogP contribution in [0.3, 0.4) is 0 Å². The lowest BCUT2D eigenvalue weighted by Gasteiger charge is -2.39. The lowest BCUT2D eigenvalue weighted by atomic mass is 9.74. The molecule has 2 fully saturated rings. The van der Waals surface area contributed by atoms with Crippen molar-refractivity contribution in [1.82, 2.24) is 10.2 Å². The largest absolute Gasteiger partial charge is 0.454 e. The Hall–Kier alpha value is -2.73. The van der Waals surface area contributed by atoms with Gasteiger partial charge in [0.2, 0.25) is 6.79 Å². The fourth-order valence-corrected chi connectivity index (χ4v) is 5.09. The van der Waals surface area contributed by atoms with Crippen LogP contribution in [0.15, 0.2) is 53.5 Å². The van der Waals surface area contributed by atoms with Gasteiger partial charge in [-0.1, -0.05) is 36.4 Å². The van der Waals surface area contributed by atoms with Crippen LogP contribution in [0, 0.1) is 0 Å². The molecule has 0 bridgehead atoms. The minimum Gasteiger partial charge on any atom is -0.454 e. The van der Waals surface area contributed by atoms with Crippen molar-refractivity contribution in [2.45, 2.75) is 30.6 Å². The zero-order chi connectivity index (χ0) is 21.1. The maximum Gasteiger partial charge on any atom is 0.231 e. The van der Waals surface area contributed by atoms with Gasteiger partial charge in [0.05, 0.1) is 0 Å². The highest BCUT2D eigenvalue weighted by molar-refractivity contribution is 5.80. The quantitative estimate of drug-likeness (QED) is 0.605. The van der Waals surface area contributed by atoms with E-state index in [9.17, 15) is 0 Å². The first-order valence-corrected chi connectivity index (χ1v) is 11.3. The predicted octanol–water partition coefficient (Wildman–Crippen LogP) is 3.53. The number of ether oxygens (including phenoxy) is 3. The van der Waals surface area contributed by atoms with Gasteiger partial charge >= 0.3 is 0 Å². The molecule has 0 spiro atoms. The molecule has 6 heteroatoms. The topological polar surface area (TPSA) is 55.3 Å². The van der Waals surface area contributed by atoms with E-state index in [-0.39, 0.29) is 5.41 Å². The molecule has 0 aliphatic carbocycles. The van der Waals surface area contributed by atoms with E-state index < -0.39 is 0 Å². The number of nitrogens with one attached hydrogen (secondary N) is 1. The molecule has 164 valence electrons. The lowest BCUT2D eigenvalue weighted by molar-refractivity contribution is 0.0511. The van der Waals surface area contributed by atoms with Crippen LogP contribution in [-0.4, -0.2) is 57.5 Å². The number of benzene rings is 2. The van der Waals surface area contributed by atoms with E-state index in [1.165, 1.54) is 11.1 Å². The summed E-state index contributed by atoms with van der Waals surface area (Å²) in [5.74, 6) is 3.23. The molecule has 0 aromatic heterocycles. The van der Waals surface area contributed by atoms with Crippen LogP contribution in [0.25, 0.3) is 0 Å². The molecule has 31 heavy (non-hydrogen) atoms. The van der Waals surface area contributed by atoms with E-state index >= 15 is 0 Å². The molecular formula is C25H31N3O3. The molecule has 1 atom stereocenters. The van der Waals surface area contributed by atoms with Crippen molar-refractivity contribution in [2.24, 2.45) is 4.99 Å². The molecule has 1 unspecified atom stereocenters. The average Bonchev–Trinajstić information content (AvgIpc) is 3.50. The van der Waals surface area contributed by atoms with Gasteiger partial charge in [-0.2, -0.15) is 0 Å². The highest BCUT2D eigenvalue weighted by Gasteiger charge is 2.36. The minimum atomic E-state index is -0.00622. The number of rotatable bonds is 4. The Labute approximate surface area is 184 Å². The number of guanidine groups is 1. The van der Waals surface area contributed by atoms with Crippen molar-refractivity contribution in [3.05, 3.63) is 59.7 Å². The number of nitrogens with zero attached hydrogens (tertiary/aromatic N) is 2. The van der Waals surface area contributed by atoms with Gasteiger partial charge in [0.1, 0.15) is 0 Å². The van der Waals surface area contributed by atoms with Gasteiger partial charge in [-0.15, -0.1) is 0 Å². The Kier molecular flexibility index (Phi) is 5.72. The van der Waals surface area contributed by atoms with Crippen molar-refractivity contribution in [3.8, 4) is 11.5 Å². The van der Waals surface area contributed by atoms with Crippen LogP contribution in [0.1, 0.15) is 36.3 Å². The number of aliphatic imine (C=N–C) groups is 1. The molecule has 2 aromatic rings. The molecule has 3 heterocycles. The van der Waals surface area contributed by atoms with Crippen molar-refractivity contribution in [3.63, 3.8) is 0 Å². The van der Waals surface area contributed by atoms with Crippen LogP contribution in [0.5, 0.6) is 11.5 Å². The molecule has 2 aromatic carbocycles. The summed E-state index contributed by atoms with van der Waals surface area (Å²) in [7, 11) is 1.88. The first-order valence-electron chi connectivity index (χ1n) is 11.3. The number of hydrogen-bond donors (Lipinski definition) is 1. The predicted molar refractivity (Wildman–Crippen MR) is 121 cm³/mol. The monoisotopic (exact) mass is 421 g/mol. The van der Waals surface area contributed by atoms with E-state index in [1.54, 1.807) is 0 Å². The summed E-state index contributed by atoms with van der Waals surface area (Å²) in [4.78, 5) is 7.01. The Balaban J connectivity index is 1.30. The van der Waals surface area contributed by atoms with Crippen molar-refractivity contribution >= 4 is 5.96 Å². The van der Waals surface area contributed by atoms with Crippen LogP contribution in [-0.2, 0) is 10.2 Å². The van der Waals surface area contributed by atoms with Crippen molar-refractivity contribution in [1.29, 1.82) is 0 Å². The standard InChI is InChI=1S/C25H31N3O3/c1-26-24(28-12-9-20(16-28)19-5-3-2-4-6-19)27-17-25(10-13-29-14-11-25)21-7-8-22-23(15-21)31-18-30-22/h2-8,15,20H,9-14,16-18H2,1H3,(H,26,27). The van der Waals surface area contributed by atoms with Gasteiger partial charge in [-0.3, -0.25) is 4.99 Å². The van der Waals surface area contributed by atoms with Gasteiger partial charge in [-0.25, -0.2) is 0 Å². The second kappa shape index (κ2) is 8.79. The molecule has 3 aliphatic heterocycles. The Morgan fingerprint density at radius 1 is 1.10 bits per heavy atom. The second-order valence-electron chi connectivity index (χ2n) is 8.70. The molecule has 1 N–H and O–H groups in total. The van der Waals surface area contributed by atoms with Gasteiger partial charge in [0.15, 0.2) is 17.5 Å². The first-order chi connectivity index (χ1) is 15.3. The summed E-state index contributed by atoms with van der Waals surface area (Å²) in [5.41, 5.74) is 2.70. The van der Waals surface area contributed by atoms with Gasteiger partial charge in [-0.05, 0) is 42.5 Å². The molecular weight excluding hydrogens is 390 g/mol. The zero-order valence-electron chi connectivity index (χ0n) is 18.2. The third kappa shape index (κ3) is 4.09. The van der Waals surface area contributed by atoms with E-state index in [2.05, 4.69) is 57.7 Å². The van der Waals surface area contributed by atoms with Crippen LogP contribution in [0.2, 0.25) is 0 Å². The van der Waals surface area contributed by atoms with Gasteiger partial charge in [0, 0.05) is 51.2 Å². The molecule has 5 rings (SSSR count).